The summed E-state index contributed by atoms with van der Waals surface area (Å²) in [5.41, 5.74) is 0. The van der Waals surface area contributed by atoms with Gasteiger partial charge in [0.25, 0.3) is 0 Å². The van der Waals surface area contributed by atoms with E-state index < -0.39 is 22.5 Å². The maximum atomic E-state index is 8.78. The molecular formula is H4N2O4PdS2. The molecule has 0 aromatic rings. The van der Waals surface area contributed by atoms with Gasteiger partial charge in [-0.25, -0.2) is 0 Å². The molecule has 2 atom stereocenters. The smallest absolute Gasteiger partial charge is 0.760 e. The van der Waals surface area contributed by atoms with Crippen LogP contribution in [-0.2, 0) is 43.0 Å². The minimum Gasteiger partial charge on any atom is -0.760 e. The van der Waals surface area contributed by atoms with Crippen LogP contribution in [0.1, 0.15) is 0 Å². The van der Waals surface area contributed by atoms with Gasteiger partial charge in [-0.15, -0.1) is 0 Å². The van der Waals surface area contributed by atoms with Gasteiger partial charge in [0.15, 0.2) is 0 Å². The average molecular weight is 267 g/mol. The van der Waals surface area contributed by atoms with E-state index >= 15 is 0 Å². The van der Waals surface area contributed by atoms with Gasteiger partial charge >= 0.3 is 20.4 Å². The van der Waals surface area contributed by atoms with Crippen LogP contribution in [0.25, 0.3) is 0 Å². The summed E-state index contributed by atoms with van der Waals surface area (Å²) < 4.78 is 35.1. The van der Waals surface area contributed by atoms with Gasteiger partial charge in [0, 0.05) is 22.5 Å². The van der Waals surface area contributed by atoms with Crippen molar-refractivity contribution in [2.24, 2.45) is 10.3 Å². The summed E-state index contributed by atoms with van der Waals surface area (Å²) in [6.07, 6.45) is 0. The van der Waals surface area contributed by atoms with E-state index in [1.807, 2.05) is 0 Å². The van der Waals surface area contributed by atoms with Crippen molar-refractivity contribution in [3.8, 4) is 0 Å². The standard InChI is InChI=1S/2H3NO2S.Pd/c2*1-4(2)3;/h2*1H2,(H,2,3);/q;;+2/p-2. The Morgan fingerprint density at radius 1 is 1.00 bits per heavy atom. The van der Waals surface area contributed by atoms with Gasteiger partial charge in [0.05, 0.1) is 0 Å². The van der Waals surface area contributed by atoms with E-state index in [-0.39, 0.29) is 20.4 Å². The summed E-state index contributed by atoms with van der Waals surface area (Å²) in [6.45, 7) is 0. The van der Waals surface area contributed by atoms with Crippen molar-refractivity contribution in [3.63, 3.8) is 0 Å². The second kappa shape index (κ2) is 11.6. The molecule has 9 heavy (non-hydrogen) atoms. The van der Waals surface area contributed by atoms with Crippen molar-refractivity contribution < 1.29 is 37.9 Å². The molecule has 6 nitrogen and oxygen atoms in total. The first-order valence-electron chi connectivity index (χ1n) is 1.14. The molecule has 9 heteroatoms. The SMILES string of the molecule is NS(=O)[O-].NS(=O)[O-].[Pd+2]. The molecule has 0 radical (unpaired) electrons. The van der Waals surface area contributed by atoms with Crippen molar-refractivity contribution in [1.82, 2.24) is 0 Å². The minimum atomic E-state index is -2.36. The normalized spacial score (nSPS) is 13.8. The Morgan fingerprint density at radius 2 is 1.00 bits per heavy atom. The molecule has 0 aromatic heterocycles. The van der Waals surface area contributed by atoms with E-state index in [0.717, 1.165) is 0 Å². The molecule has 0 aromatic carbocycles. The predicted octanol–water partition coefficient (Wildman–Crippen LogP) is -2.52. The molecule has 0 fully saturated rings. The second-order valence-corrected chi connectivity index (χ2v) is 1.56. The molecule has 0 amide bonds. The van der Waals surface area contributed by atoms with Crippen LogP contribution in [0.3, 0.4) is 0 Å². The Balaban J connectivity index is -0.0000000720. The zero-order chi connectivity index (χ0) is 7.15. The summed E-state index contributed by atoms with van der Waals surface area (Å²) in [6, 6.07) is 0. The number of nitrogens with two attached hydrogens (primary N) is 2. The van der Waals surface area contributed by atoms with Crippen molar-refractivity contribution in [2.45, 2.75) is 0 Å². The summed E-state index contributed by atoms with van der Waals surface area (Å²) in [5, 5.41) is 8.06. The molecule has 0 spiro atoms. The third-order valence-electron chi connectivity index (χ3n) is 0. The second-order valence-electron chi connectivity index (χ2n) is 0.521. The Kier molecular flexibility index (Phi) is 21.1. The van der Waals surface area contributed by atoms with Crippen LogP contribution in [0, 0.1) is 0 Å². The van der Waals surface area contributed by atoms with Crippen LogP contribution in [0.15, 0.2) is 0 Å². The van der Waals surface area contributed by atoms with Crippen LogP contribution >= 0.6 is 0 Å². The minimum absolute atomic E-state index is 0. The first kappa shape index (κ1) is 16.4. The zero-order valence-electron chi connectivity index (χ0n) is 3.92. The first-order chi connectivity index (χ1) is 3.46. The summed E-state index contributed by atoms with van der Waals surface area (Å²) >= 11 is -4.72. The van der Waals surface area contributed by atoms with E-state index in [1.54, 1.807) is 0 Å². The molecule has 2 unspecified atom stereocenters. The van der Waals surface area contributed by atoms with Gasteiger partial charge in [-0.05, 0) is 0 Å². The summed E-state index contributed by atoms with van der Waals surface area (Å²) in [7, 11) is 0. The molecule has 4 N–H and O–H groups in total. The van der Waals surface area contributed by atoms with Gasteiger partial charge in [0.2, 0.25) is 0 Å². The van der Waals surface area contributed by atoms with Gasteiger partial charge in [0.1, 0.15) is 0 Å². The summed E-state index contributed by atoms with van der Waals surface area (Å²) in [4.78, 5) is 0. The molecule has 0 aliphatic carbocycles. The topological polar surface area (TPSA) is 132 Å². The third kappa shape index (κ3) is 633. The fourth-order valence-corrected chi connectivity index (χ4v) is 0. The Morgan fingerprint density at radius 3 is 1.00 bits per heavy atom. The van der Waals surface area contributed by atoms with E-state index in [1.165, 1.54) is 0 Å². The molecule has 0 aliphatic heterocycles. The first-order valence-corrected chi connectivity index (χ1v) is 3.41. The Hall–Kier alpha value is 0.802. The van der Waals surface area contributed by atoms with Gasteiger partial charge in [-0.2, -0.15) is 0 Å². The van der Waals surface area contributed by atoms with Gasteiger partial charge in [-0.3, -0.25) is 18.7 Å². The third-order valence-corrected chi connectivity index (χ3v) is 0. The molecule has 0 saturated carbocycles. The largest absolute Gasteiger partial charge is 2.00 e. The fraction of sp³-hybridized carbons (Fsp3) is 0. The van der Waals surface area contributed by atoms with Crippen molar-refractivity contribution >= 4 is 22.5 Å². The van der Waals surface area contributed by atoms with E-state index in [4.69, 9.17) is 17.5 Å². The van der Waals surface area contributed by atoms with Crippen molar-refractivity contribution in [2.75, 3.05) is 0 Å². The van der Waals surface area contributed by atoms with Gasteiger partial charge < -0.3 is 9.11 Å². The maximum absolute atomic E-state index is 8.78. The molecule has 0 aliphatic rings. The van der Waals surface area contributed by atoms with Crippen LogP contribution in [-0.4, -0.2) is 17.5 Å². The molecule has 0 bridgehead atoms. The quantitative estimate of drug-likeness (QED) is 0.370. The van der Waals surface area contributed by atoms with Crippen molar-refractivity contribution in [3.05, 3.63) is 0 Å². The van der Waals surface area contributed by atoms with E-state index in [0.29, 0.717) is 0 Å². The number of hydrogen-bond donors (Lipinski definition) is 2. The summed E-state index contributed by atoms with van der Waals surface area (Å²) in [5.74, 6) is 0. The molecule has 60 valence electrons. The van der Waals surface area contributed by atoms with Crippen LogP contribution < -0.4 is 10.3 Å². The average Bonchev–Trinajstić information content (AvgIpc) is 1.25. The number of hydrogen-bond acceptors (Lipinski definition) is 4. The van der Waals surface area contributed by atoms with Crippen LogP contribution in [0.2, 0.25) is 0 Å². The maximum Gasteiger partial charge on any atom is 2.00 e. The van der Waals surface area contributed by atoms with E-state index in [9.17, 15) is 0 Å². The molecule has 0 rings (SSSR count). The molecule has 0 saturated heterocycles. The Bertz CT molecular complexity index is 74.6. The van der Waals surface area contributed by atoms with Gasteiger partial charge in [-0.1, -0.05) is 0 Å². The number of rotatable bonds is 0. The zero-order valence-corrected chi connectivity index (χ0v) is 7.11. The monoisotopic (exact) mass is 266 g/mol. The van der Waals surface area contributed by atoms with Crippen molar-refractivity contribution in [1.29, 1.82) is 0 Å². The molecular weight excluding hydrogens is 263 g/mol. The Labute approximate surface area is 70.9 Å². The molecule has 0 heterocycles. The fourth-order valence-electron chi connectivity index (χ4n) is 0. The van der Waals surface area contributed by atoms with Crippen LogP contribution in [0.5, 0.6) is 0 Å². The predicted molar refractivity (Wildman–Crippen MR) is 26.2 cm³/mol. The van der Waals surface area contributed by atoms with Crippen LogP contribution in [0.4, 0.5) is 0 Å². The van der Waals surface area contributed by atoms with E-state index in [2.05, 4.69) is 10.3 Å².